The number of furan rings is 1. The molecule has 138 valence electrons. The molecule has 0 aromatic carbocycles. The summed E-state index contributed by atoms with van der Waals surface area (Å²) in [5.74, 6) is 1.000. The van der Waals surface area contributed by atoms with Gasteiger partial charge >= 0.3 is 0 Å². The highest BCUT2D eigenvalue weighted by atomic mass is 16.3. The third kappa shape index (κ3) is 2.91. The van der Waals surface area contributed by atoms with Crippen molar-refractivity contribution in [3.8, 4) is 0 Å². The highest BCUT2D eigenvalue weighted by molar-refractivity contribution is 5.82. The summed E-state index contributed by atoms with van der Waals surface area (Å²) in [5.41, 5.74) is 1.63. The fourth-order valence-electron chi connectivity index (χ4n) is 4.12. The lowest BCUT2D eigenvalue weighted by Gasteiger charge is -2.28. The molecule has 0 saturated heterocycles. The predicted molar refractivity (Wildman–Crippen MR) is 98.1 cm³/mol. The monoisotopic (exact) mass is 356 g/mol. The Bertz CT molecular complexity index is 1010. The number of fused-ring (bicyclic) bond motifs is 3. The molecule has 1 N–H and O–H groups in total. The standard InChI is InChI=1S/C19H24N4O3/c1-12(14-6-4-3-5-7-14)20-18(24)11-22-19(25)16-10-17-15(8-9-26-17)23(16)13(2)21-22/h8-10,12,14H,3-7,11H2,1-2H3,(H,20,24)/t12-/m0/s1. The van der Waals surface area contributed by atoms with E-state index < -0.39 is 0 Å². The summed E-state index contributed by atoms with van der Waals surface area (Å²) in [7, 11) is 0. The van der Waals surface area contributed by atoms with E-state index in [0.29, 0.717) is 22.8 Å². The van der Waals surface area contributed by atoms with Crippen molar-refractivity contribution < 1.29 is 9.21 Å². The van der Waals surface area contributed by atoms with Crippen LogP contribution in [0.25, 0.3) is 16.6 Å². The third-order valence-corrected chi connectivity index (χ3v) is 5.50. The number of amides is 1. The molecule has 1 aliphatic carbocycles. The van der Waals surface area contributed by atoms with Crippen molar-refractivity contribution in [3.05, 3.63) is 34.6 Å². The van der Waals surface area contributed by atoms with Gasteiger partial charge in [0.2, 0.25) is 5.91 Å². The molecular formula is C19H24N4O3. The van der Waals surface area contributed by atoms with Crippen LogP contribution in [0.2, 0.25) is 0 Å². The average Bonchev–Trinajstić information content (AvgIpc) is 3.21. The second-order valence-corrected chi connectivity index (χ2v) is 7.30. The Balaban J connectivity index is 1.55. The zero-order chi connectivity index (χ0) is 18.3. The van der Waals surface area contributed by atoms with Gasteiger partial charge in [-0.25, -0.2) is 4.68 Å². The molecule has 1 aliphatic rings. The molecule has 7 nitrogen and oxygen atoms in total. The van der Waals surface area contributed by atoms with Crippen molar-refractivity contribution in [2.75, 3.05) is 0 Å². The van der Waals surface area contributed by atoms with Gasteiger partial charge in [-0.3, -0.25) is 14.0 Å². The van der Waals surface area contributed by atoms with Crippen LogP contribution >= 0.6 is 0 Å². The number of hydrogen-bond acceptors (Lipinski definition) is 4. The summed E-state index contributed by atoms with van der Waals surface area (Å²) in [4.78, 5) is 25.2. The number of hydrogen-bond donors (Lipinski definition) is 1. The molecule has 3 aromatic heterocycles. The van der Waals surface area contributed by atoms with Crippen LogP contribution in [0.15, 0.2) is 27.6 Å². The number of aryl methyl sites for hydroxylation is 1. The highest BCUT2D eigenvalue weighted by Crippen LogP contribution is 2.26. The van der Waals surface area contributed by atoms with Crippen molar-refractivity contribution in [1.82, 2.24) is 19.5 Å². The van der Waals surface area contributed by atoms with Gasteiger partial charge in [0.05, 0.1) is 11.8 Å². The predicted octanol–water partition coefficient (Wildman–Crippen LogP) is 2.64. The minimum atomic E-state index is -0.289. The number of carbonyl (C=O) groups excluding carboxylic acids is 1. The summed E-state index contributed by atoms with van der Waals surface area (Å²) in [6.07, 6.45) is 7.66. The number of nitrogens with one attached hydrogen (secondary N) is 1. The van der Waals surface area contributed by atoms with Crippen LogP contribution < -0.4 is 10.9 Å². The Morgan fingerprint density at radius 1 is 1.35 bits per heavy atom. The van der Waals surface area contributed by atoms with Crippen molar-refractivity contribution >= 4 is 22.5 Å². The topological polar surface area (TPSA) is 81.5 Å². The SMILES string of the molecule is Cc1nn(CC(=O)N[C@@H](C)C2CCCCC2)c(=O)c2cc3occc3n12. The first-order valence-electron chi connectivity index (χ1n) is 9.30. The molecule has 4 rings (SSSR count). The lowest BCUT2D eigenvalue weighted by atomic mass is 9.84. The van der Waals surface area contributed by atoms with Crippen LogP contribution in [-0.2, 0) is 11.3 Å². The first-order chi connectivity index (χ1) is 12.5. The van der Waals surface area contributed by atoms with E-state index >= 15 is 0 Å². The fourth-order valence-corrected chi connectivity index (χ4v) is 4.12. The summed E-state index contributed by atoms with van der Waals surface area (Å²) < 4.78 is 8.38. The smallest absolute Gasteiger partial charge is 0.291 e. The van der Waals surface area contributed by atoms with Gasteiger partial charge in [0.15, 0.2) is 5.58 Å². The normalized spacial score (nSPS) is 17.0. The molecule has 1 saturated carbocycles. The van der Waals surface area contributed by atoms with E-state index in [0.717, 1.165) is 18.4 Å². The molecule has 1 fully saturated rings. The molecule has 1 atom stereocenters. The lowest BCUT2D eigenvalue weighted by Crippen LogP contribution is -2.42. The minimum Gasteiger partial charge on any atom is -0.463 e. The Morgan fingerprint density at radius 3 is 2.88 bits per heavy atom. The van der Waals surface area contributed by atoms with Crippen LogP contribution in [0.5, 0.6) is 0 Å². The van der Waals surface area contributed by atoms with E-state index in [1.807, 2.05) is 6.92 Å². The van der Waals surface area contributed by atoms with Crippen LogP contribution in [0, 0.1) is 12.8 Å². The van der Waals surface area contributed by atoms with Gasteiger partial charge in [-0.15, -0.1) is 0 Å². The zero-order valence-electron chi connectivity index (χ0n) is 15.2. The molecule has 0 aliphatic heterocycles. The maximum atomic E-state index is 12.7. The quantitative estimate of drug-likeness (QED) is 0.779. The molecule has 26 heavy (non-hydrogen) atoms. The summed E-state index contributed by atoms with van der Waals surface area (Å²) in [5, 5.41) is 7.38. The Labute approximate surface area is 151 Å². The van der Waals surface area contributed by atoms with E-state index in [9.17, 15) is 9.59 Å². The summed E-state index contributed by atoms with van der Waals surface area (Å²) in [6.45, 7) is 3.80. The van der Waals surface area contributed by atoms with Crippen molar-refractivity contribution in [2.24, 2.45) is 5.92 Å². The first-order valence-corrected chi connectivity index (χ1v) is 9.30. The van der Waals surface area contributed by atoms with Gasteiger partial charge in [-0.1, -0.05) is 19.3 Å². The Kier molecular flexibility index (Phi) is 4.30. The molecule has 7 heteroatoms. The van der Waals surface area contributed by atoms with Gasteiger partial charge in [0, 0.05) is 18.2 Å². The molecule has 0 bridgehead atoms. The van der Waals surface area contributed by atoms with Crippen molar-refractivity contribution in [2.45, 2.75) is 58.5 Å². The highest BCUT2D eigenvalue weighted by Gasteiger charge is 2.22. The van der Waals surface area contributed by atoms with Crippen LogP contribution in [0.3, 0.4) is 0 Å². The van der Waals surface area contributed by atoms with Gasteiger partial charge in [0.1, 0.15) is 17.9 Å². The number of aromatic nitrogens is 3. The van der Waals surface area contributed by atoms with Crippen molar-refractivity contribution in [3.63, 3.8) is 0 Å². The molecule has 0 unspecified atom stereocenters. The first kappa shape index (κ1) is 16.9. The third-order valence-electron chi connectivity index (χ3n) is 5.50. The molecule has 1 amide bonds. The van der Waals surface area contributed by atoms with Gasteiger partial charge in [-0.2, -0.15) is 5.10 Å². The van der Waals surface area contributed by atoms with Gasteiger partial charge < -0.3 is 9.73 Å². The molecule has 0 radical (unpaired) electrons. The Morgan fingerprint density at radius 2 is 2.12 bits per heavy atom. The van der Waals surface area contributed by atoms with E-state index in [1.54, 1.807) is 22.8 Å². The van der Waals surface area contributed by atoms with Crippen LogP contribution in [0.1, 0.15) is 44.9 Å². The molecule has 3 aromatic rings. The van der Waals surface area contributed by atoms with E-state index in [2.05, 4.69) is 17.3 Å². The number of rotatable bonds is 4. The fraction of sp³-hybridized carbons (Fsp3) is 0.526. The van der Waals surface area contributed by atoms with E-state index in [4.69, 9.17) is 4.42 Å². The zero-order valence-corrected chi connectivity index (χ0v) is 15.2. The van der Waals surface area contributed by atoms with Crippen LogP contribution in [-0.4, -0.2) is 26.1 Å². The maximum absolute atomic E-state index is 12.7. The van der Waals surface area contributed by atoms with E-state index in [1.165, 1.54) is 23.9 Å². The van der Waals surface area contributed by atoms with Gasteiger partial charge in [-0.05, 0) is 32.6 Å². The summed E-state index contributed by atoms with van der Waals surface area (Å²) >= 11 is 0. The average molecular weight is 356 g/mol. The van der Waals surface area contributed by atoms with E-state index in [-0.39, 0.29) is 24.1 Å². The van der Waals surface area contributed by atoms with Crippen molar-refractivity contribution in [1.29, 1.82) is 0 Å². The summed E-state index contributed by atoms with van der Waals surface area (Å²) in [6, 6.07) is 3.63. The largest absolute Gasteiger partial charge is 0.463 e. The number of carbonyl (C=O) groups is 1. The lowest BCUT2D eigenvalue weighted by molar-refractivity contribution is -0.123. The molecule has 3 heterocycles. The molecular weight excluding hydrogens is 332 g/mol. The Hall–Kier alpha value is -2.57. The number of nitrogens with zero attached hydrogens (tertiary/aromatic N) is 3. The maximum Gasteiger partial charge on any atom is 0.291 e. The minimum absolute atomic E-state index is 0.0697. The molecule has 0 spiro atoms. The second kappa shape index (κ2) is 6.63. The van der Waals surface area contributed by atoms with Gasteiger partial charge in [0.25, 0.3) is 5.56 Å². The second-order valence-electron chi connectivity index (χ2n) is 7.30. The van der Waals surface area contributed by atoms with Crippen LogP contribution in [0.4, 0.5) is 0 Å².